The lowest BCUT2D eigenvalue weighted by molar-refractivity contribution is -0.646. The van der Waals surface area contributed by atoms with Gasteiger partial charge in [0, 0.05) is 30.2 Å². The second-order valence-electron chi connectivity index (χ2n) is 6.45. The maximum atomic E-state index is 5.64. The first-order chi connectivity index (χ1) is 13.1. The van der Waals surface area contributed by atoms with Gasteiger partial charge < -0.3 is 14.4 Å². The molecule has 27 heavy (non-hydrogen) atoms. The Bertz CT molecular complexity index is 1050. The molecule has 0 bridgehead atoms. The number of aryl methyl sites for hydroxylation is 1. The van der Waals surface area contributed by atoms with E-state index in [4.69, 9.17) is 9.47 Å². The summed E-state index contributed by atoms with van der Waals surface area (Å²) in [6, 6.07) is 16.7. The molecule has 5 heteroatoms. The zero-order valence-electron chi connectivity index (χ0n) is 16.0. The molecule has 0 radical (unpaired) electrons. The summed E-state index contributed by atoms with van der Waals surface area (Å²) in [5.74, 6) is 1.80. The van der Waals surface area contributed by atoms with Crippen LogP contribution >= 0.6 is 11.8 Å². The van der Waals surface area contributed by atoms with Crippen LogP contribution in [0.15, 0.2) is 58.5 Å². The monoisotopic (exact) mass is 379 g/mol. The molecule has 2 aromatic carbocycles. The average Bonchev–Trinajstić information content (AvgIpc) is 2.99. The third kappa shape index (κ3) is 3.23. The van der Waals surface area contributed by atoms with E-state index in [-0.39, 0.29) is 0 Å². The number of fused-ring (bicyclic) bond motifs is 2. The molecular formula is C22H23N2O2S+. The van der Waals surface area contributed by atoms with Crippen molar-refractivity contribution in [3.63, 3.8) is 0 Å². The highest BCUT2D eigenvalue weighted by Crippen LogP contribution is 2.46. The van der Waals surface area contributed by atoms with Crippen LogP contribution in [0.1, 0.15) is 12.6 Å². The van der Waals surface area contributed by atoms with Gasteiger partial charge in [0.25, 0.3) is 0 Å². The van der Waals surface area contributed by atoms with Crippen molar-refractivity contribution < 1.29 is 14.0 Å². The molecule has 1 aromatic heterocycles. The molecule has 138 valence electrons. The number of anilines is 1. The Morgan fingerprint density at radius 2 is 1.89 bits per heavy atom. The fourth-order valence-electron chi connectivity index (χ4n) is 3.33. The van der Waals surface area contributed by atoms with E-state index < -0.39 is 0 Å². The van der Waals surface area contributed by atoms with E-state index in [1.54, 1.807) is 18.9 Å². The zero-order chi connectivity index (χ0) is 19.0. The first-order valence-electron chi connectivity index (χ1n) is 8.97. The van der Waals surface area contributed by atoms with E-state index in [9.17, 15) is 0 Å². The van der Waals surface area contributed by atoms with Crippen LogP contribution in [-0.4, -0.2) is 20.8 Å². The summed E-state index contributed by atoms with van der Waals surface area (Å²) in [6.45, 7) is 2.69. The van der Waals surface area contributed by atoms with Crippen molar-refractivity contribution in [1.29, 1.82) is 0 Å². The number of pyridine rings is 1. The summed E-state index contributed by atoms with van der Waals surface area (Å²) < 4.78 is 13.2. The molecule has 0 saturated carbocycles. The first-order valence-corrected chi connectivity index (χ1v) is 9.79. The normalized spacial score (nSPS) is 14.7. The summed E-state index contributed by atoms with van der Waals surface area (Å²) in [6.07, 6.45) is 2.23. The summed E-state index contributed by atoms with van der Waals surface area (Å²) >= 11 is 1.77. The van der Waals surface area contributed by atoms with Gasteiger partial charge in [-0.25, -0.2) is 0 Å². The second kappa shape index (κ2) is 7.16. The minimum atomic E-state index is 0.680. The van der Waals surface area contributed by atoms with Crippen LogP contribution in [0.2, 0.25) is 0 Å². The van der Waals surface area contributed by atoms with Crippen molar-refractivity contribution >= 4 is 34.4 Å². The molecule has 0 amide bonds. The molecule has 4 nitrogen and oxygen atoms in total. The van der Waals surface area contributed by atoms with E-state index >= 15 is 0 Å². The van der Waals surface area contributed by atoms with Gasteiger partial charge in [-0.05, 0) is 43.3 Å². The predicted molar refractivity (Wildman–Crippen MR) is 112 cm³/mol. The lowest BCUT2D eigenvalue weighted by Gasteiger charge is -2.13. The van der Waals surface area contributed by atoms with Gasteiger partial charge in [-0.2, -0.15) is 4.57 Å². The van der Waals surface area contributed by atoms with Crippen LogP contribution in [0.5, 0.6) is 11.5 Å². The van der Waals surface area contributed by atoms with Crippen LogP contribution in [0.4, 0.5) is 5.69 Å². The summed E-state index contributed by atoms with van der Waals surface area (Å²) in [5.41, 5.74) is 3.54. The number of aromatic nitrogens is 1. The molecular weight excluding hydrogens is 356 g/mol. The number of benzene rings is 2. The Morgan fingerprint density at radius 1 is 1.07 bits per heavy atom. The fraction of sp³-hybridized carbons (Fsp3) is 0.227. The van der Waals surface area contributed by atoms with Crippen LogP contribution in [0, 0.1) is 0 Å². The molecule has 1 aliphatic heterocycles. The molecule has 0 unspecified atom stereocenters. The largest absolute Gasteiger partial charge is 0.497 e. The van der Waals surface area contributed by atoms with E-state index in [1.165, 1.54) is 21.1 Å². The highest BCUT2D eigenvalue weighted by molar-refractivity contribution is 8.03. The lowest BCUT2D eigenvalue weighted by atomic mass is 10.1. The lowest BCUT2D eigenvalue weighted by Crippen LogP contribution is -2.33. The van der Waals surface area contributed by atoms with Gasteiger partial charge in [0.1, 0.15) is 18.5 Å². The Balaban J connectivity index is 1.70. The highest BCUT2D eigenvalue weighted by atomic mass is 32.2. The Labute approximate surface area is 164 Å². The fourth-order valence-corrected chi connectivity index (χ4v) is 4.46. The number of hydrogen-bond acceptors (Lipinski definition) is 4. The van der Waals surface area contributed by atoms with Gasteiger partial charge in [0.15, 0.2) is 0 Å². The minimum Gasteiger partial charge on any atom is -0.497 e. The minimum absolute atomic E-state index is 0.680. The van der Waals surface area contributed by atoms with Crippen molar-refractivity contribution in [1.82, 2.24) is 0 Å². The van der Waals surface area contributed by atoms with Gasteiger partial charge >= 0.3 is 0 Å². The molecule has 1 aliphatic rings. The molecule has 4 rings (SSSR count). The van der Waals surface area contributed by atoms with Gasteiger partial charge in [0.05, 0.1) is 29.8 Å². The number of hydrogen-bond donors (Lipinski definition) is 0. The Kier molecular flexibility index (Phi) is 4.70. The molecule has 0 N–H and O–H groups in total. The molecule has 0 atom stereocenters. The van der Waals surface area contributed by atoms with E-state index in [0.29, 0.717) is 6.61 Å². The number of nitrogens with zero attached hydrogens (tertiary/aromatic N) is 2. The van der Waals surface area contributed by atoms with Gasteiger partial charge in [-0.3, -0.25) is 0 Å². The number of thioether (sulfide) groups is 1. The number of ether oxygens (including phenoxy) is 2. The van der Waals surface area contributed by atoms with Gasteiger partial charge in [-0.15, -0.1) is 0 Å². The van der Waals surface area contributed by atoms with Crippen LogP contribution in [0.25, 0.3) is 17.0 Å². The number of methoxy groups -OCH3 is 1. The standard InChI is InChI=1S/C22H23N2O2S/c1-5-26-18-9-11-20-21(14-18)27-22(24(20)3)13-16-7-6-15-12-17(25-4)8-10-19(15)23(16)2/h6-14H,5H2,1-4H3/q+1. The van der Waals surface area contributed by atoms with Crippen molar-refractivity contribution in [2.24, 2.45) is 7.05 Å². The second-order valence-corrected chi connectivity index (χ2v) is 7.51. The maximum Gasteiger partial charge on any atom is 0.212 e. The van der Waals surface area contributed by atoms with Crippen molar-refractivity contribution in [2.45, 2.75) is 11.8 Å². The third-order valence-corrected chi connectivity index (χ3v) is 5.98. The van der Waals surface area contributed by atoms with Crippen LogP contribution < -0.4 is 18.9 Å². The Morgan fingerprint density at radius 3 is 2.67 bits per heavy atom. The SMILES string of the molecule is CCOc1ccc2c(c1)S/C(=C\c1ccc3cc(OC)ccc3[n+]1C)N2C. The topological polar surface area (TPSA) is 25.6 Å². The predicted octanol–water partition coefficient (Wildman–Crippen LogP) is 4.61. The highest BCUT2D eigenvalue weighted by Gasteiger charge is 2.24. The van der Waals surface area contributed by atoms with Crippen molar-refractivity contribution in [3.8, 4) is 11.5 Å². The van der Waals surface area contributed by atoms with E-state index in [2.05, 4.69) is 66.0 Å². The Hall–Kier alpha value is -2.66. The average molecular weight is 380 g/mol. The van der Waals surface area contributed by atoms with Crippen LogP contribution in [0.3, 0.4) is 0 Å². The molecule has 0 aliphatic carbocycles. The summed E-state index contributed by atoms with van der Waals surface area (Å²) in [4.78, 5) is 3.45. The molecule has 3 aromatic rings. The quantitative estimate of drug-likeness (QED) is 0.618. The zero-order valence-corrected chi connectivity index (χ0v) is 16.8. The van der Waals surface area contributed by atoms with E-state index in [0.717, 1.165) is 22.6 Å². The number of rotatable bonds is 4. The third-order valence-electron chi connectivity index (χ3n) is 4.84. The van der Waals surface area contributed by atoms with E-state index in [1.807, 2.05) is 19.1 Å². The molecule has 2 heterocycles. The van der Waals surface area contributed by atoms with Crippen molar-refractivity contribution in [3.05, 3.63) is 59.3 Å². The van der Waals surface area contributed by atoms with Gasteiger partial charge in [-0.1, -0.05) is 11.8 Å². The molecule has 0 spiro atoms. The summed E-state index contributed by atoms with van der Waals surface area (Å²) in [7, 11) is 5.90. The molecule has 0 saturated heterocycles. The molecule has 0 fully saturated rings. The van der Waals surface area contributed by atoms with Gasteiger partial charge in [0.2, 0.25) is 11.2 Å². The smallest absolute Gasteiger partial charge is 0.212 e. The maximum absolute atomic E-state index is 5.64. The first kappa shape index (κ1) is 17.7. The summed E-state index contributed by atoms with van der Waals surface area (Å²) in [5, 5.41) is 2.36. The van der Waals surface area contributed by atoms with Crippen LogP contribution in [-0.2, 0) is 7.05 Å². The van der Waals surface area contributed by atoms with Crippen molar-refractivity contribution in [2.75, 3.05) is 25.7 Å².